The van der Waals surface area contributed by atoms with E-state index in [2.05, 4.69) is 32.1 Å². The minimum absolute atomic E-state index is 0.120. The summed E-state index contributed by atoms with van der Waals surface area (Å²) in [5.41, 5.74) is 6.34. The molecule has 11 heteroatoms. The van der Waals surface area contributed by atoms with E-state index in [-0.39, 0.29) is 11.7 Å². The number of methoxy groups -OCH3 is 1. The number of amides is 1. The number of aryl methyl sites for hydroxylation is 1. The van der Waals surface area contributed by atoms with Gasteiger partial charge in [-0.15, -0.1) is 11.3 Å². The summed E-state index contributed by atoms with van der Waals surface area (Å²) in [7, 11) is 1.33. The standard InChI is InChI=1S/C18H19BrClN3O4S2/c1-4-11-9(2)29-16(15(11)17(25)26-3)21-18(28)23-22-14(24)8-27-13-6-5-10(19)7-12(13)20/h5-7H,4,8H2,1-3H3,(H,22,24)(H2,21,23,28). The molecule has 0 unspecified atom stereocenters. The number of hydrogen-bond acceptors (Lipinski definition) is 6. The number of halogens is 2. The number of anilines is 1. The Morgan fingerprint density at radius 3 is 2.66 bits per heavy atom. The van der Waals surface area contributed by atoms with Gasteiger partial charge in [-0.2, -0.15) is 0 Å². The van der Waals surface area contributed by atoms with E-state index in [1.807, 2.05) is 13.8 Å². The van der Waals surface area contributed by atoms with Crippen LogP contribution in [0, 0.1) is 6.92 Å². The summed E-state index contributed by atoms with van der Waals surface area (Å²) in [6.07, 6.45) is 0.682. The Morgan fingerprint density at radius 1 is 1.31 bits per heavy atom. The number of hydrogen-bond donors (Lipinski definition) is 3. The maximum Gasteiger partial charge on any atom is 0.341 e. The second kappa shape index (κ2) is 10.8. The lowest BCUT2D eigenvalue weighted by molar-refractivity contribution is -0.123. The first-order valence-corrected chi connectivity index (χ1v) is 10.8. The van der Waals surface area contributed by atoms with Crippen molar-refractivity contribution in [3.63, 3.8) is 0 Å². The average Bonchev–Trinajstić information content (AvgIpc) is 2.99. The van der Waals surface area contributed by atoms with Crippen molar-refractivity contribution in [2.75, 3.05) is 19.0 Å². The molecular weight excluding hydrogens is 502 g/mol. The minimum atomic E-state index is -0.460. The Labute approximate surface area is 191 Å². The maximum absolute atomic E-state index is 12.1. The van der Waals surface area contributed by atoms with Crippen molar-refractivity contribution < 1.29 is 19.1 Å². The Morgan fingerprint density at radius 2 is 2.03 bits per heavy atom. The molecule has 0 spiro atoms. The van der Waals surface area contributed by atoms with Crippen molar-refractivity contribution in [3.8, 4) is 5.75 Å². The summed E-state index contributed by atoms with van der Waals surface area (Å²) in [5, 5.41) is 3.98. The first-order valence-electron chi connectivity index (χ1n) is 8.41. The average molecular weight is 521 g/mol. The number of carbonyl (C=O) groups is 2. The van der Waals surface area contributed by atoms with E-state index < -0.39 is 11.9 Å². The lowest BCUT2D eigenvalue weighted by Crippen LogP contribution is -2.45. The summed E-state index contributed by atoms with van der Waals surface area (Å²) in [4.78, 5) is 25.1. The highest BCUT2D eigenvalue weighted by Gasteiger charge is 2.22. The van der Waals surface area contributed by atoms with Crippen LogP contribution in [0.5, 0.6) is 5.75 Å². The summed E-state index contributed by atoms with van der Waals surface area (Å²) < 4.78 is 11.0. The van der Waals surface area contributed by atoms with Gasteiger partial charge in [-0.3, -0.25) is 15.6 Å². The van der Waals surface area contributed by atoms with E-state index in [9.17, 15) is 9.59 Å². The minimum Gasteiger partial charge on any atom is -0.482 e. The van der Waals surface area contributed by atoms with Gasteiger partial charge in [-0.1, -0.05) is 34.5 Å². The molecule has 1 aromatic heterocycles. The van der Waals surface area contributed by atoms with Crippen molar-refractivity contribution >= 4 is 73.1 Å². The van der Waals surface area contributed by atoms with Gasteiger partial charge >= 0.3 is 5.97 Å². The van der Waals surface area contributed by atoms with Gasteiger partial charge in [0.05, 0.1) is 17.7 Å². The molecule has 0 radical (unpaired) electrons. The number of thiophene rings is 1. The molecule has 1 amide bonds. The number of ether oxygens (including phenoxy) is 2. The molecule has 0 aliphatic carbocycles. The molecule has 156 valence electrons. The predicted octanol–water partition coefficient (Wildman–Crippen LogP) is 4.22. The number of benzene rings is 1. The van der Waals surface area contributed by atoms with Crippen LogP contribution in [-0.2, 0) is 16.0 Å². The van der Waals surface area contributed by atoms with Gasteiger partial charge < -0.3 is 14.8 Å². The van der Waals surface area contributed by atoms with E-state index in [0.29, 0.717) is 27.8 Å². The van der Waals surface area contributed by atoms with Crippen LogP contribution in [0.25, 0.3) is 0 Å². The molecule has 29 heavy (non-hydrogen) atoms. The molecule has 0 bridgehead atoms. The zero-order chi connectivity index (χ0) is 21.6. The van der Waals surface area contributed by atoms with Gasteiger partial charge in [0.2, 0.25) is 0 Å². The third-order valence-electron chi connectivity index (χ3n) is 3.75. The molecule has 0 atom stereocenters. The van der Waals surface area contributed by atoms with Crippen LogP contribution >= 0.6 is 51.1 Å². The van der Waals surface area contributed by atoms with Gasteiger partial charge in [0.25, 0.3) is 5.91 Å². The zero-order valence-corrected chi connectivity index (χ0v) is 19.8. The molecule has 1 heterocycles. The number of esters is 1. The Hall–Kier alpha value is -1.88. The van der Waals surface area contributed by atoms with Gasteiger partial charge in [0.15, 0.2) is 11.7 Å². The molecule has 0 fully saturated rings. The highest BCUT2D eigenvalue weighted by molar-refractivity contribution is 9.10. The molecule has 2 rings (SSSR count). The molecule has 0 aliphatic heterocycles. The van der Waals surface area contributed by atoms with E-state index in [0.717, 1.165) is 14.9 Å². The van der Waals surface area contributed by atoms with E-state index in [1.54, 1.807) is 18.2 Å². The highest BCUT2D eigenvalue weighted by Crippen LogP contribution is 2.34. The van der Waals surface area contributed by atoms with Crippen LogP contribution < -0.4 is 20.9 Å². The maximum atomic E-state index is 12.1. The van der Waals surface area contributed by atoms with Crippen molar-refractivity contribution in [2.45, 2.75) is 20.3 Å². The Balaban J connectivity index is 1.91. The second-order valence-electron chi connectivity index (χ2n) is 5.68. The van der Waals surface area contributed by atoms with Crippen LogP contribution in [-0.4, -0.2) is 30.7 Å². The molecule has 0 saturated carbocycles. The van der Waals surface area contributed by atoms with Crippen LogP contribution in [0.1, 0.15) is 27.7 Å². The van der Waals surface area contributed by atoms with Crippen LogP contribution in [0.4, 0.5) is 5.00 Å². The fourth-order valence-corrected chi connectivity index (χ4v) is 4.53. The number of carbonyl (C=O) groups excluding carboxylic acids is 2. The third-order valence-corrected chi connectivity index (χ3v) is 5.80. The van der Waals surface area contributed by atoms with E-state index >= 15 is 0 Å². The third kappa shape index (κ3) is 6.30. The molecule has 2 aromatic rings. The van der Waals surface area contributed by atoms with Gasteiger partial charge in [-0.05, 0) is 49.3 Å². The van der Waals surface area contributed by atoms with Gasteiger partial charge in [0.1, 0.15) is 10.8 Å². The Kier molecular flexibility index (Phi) is 8.69. The Bertz CT molecular complexity index is 936. The van der Waals surface area contributed by atoms with Crippen molar-refractivity contribution in [1.29, 1.82) is 0 Å². The molecule has 1 aromatic carbocycles. The second-order valence-corrected chi connectivity index (χ2v) is 8.63. The molecule has 3 N–H and O–H groups in total. The van der Waals surface area contributed by atoms with E-state index in [4.69, 9.17) is 33.3 Å². The smallest absolute Gasteiger partial charge is 0.341 e. The first kappa shape index (κ1) is 23.4. The fourth-order valence-electron chi connectivity index (χ4n) is 2.44. The summed E-state index contributed by atoms with van der Waals surface area (Å²) in [6, 6.07) is 5.07. The largest absolute Gasteiger partial charge is 0.482 e. The van der Waals surface area contributed by atoms with Crippen LogP contribution in [0.2, 0.25) is 5.02 Å². The lowest BCUT2D eigenvalue weighted by Gasteiger charge is -2.13. The van der Waals surface area contributed by atoms with Crippen LogP contribution in [0.15, 0.2) is 22.7 Å². The van der Waals surface area contributed by atoms with Crippen molar-refractivity contribution in [3.05, 3.63) is 43.7 Å². The highest BCUT2D eigenvalue weighted by atomic mass is 79.9. The fraction of sp³-hybridized carbons (Fsp3) is 0.278. The summed E-state index contributed by atoms with van der Waals surface area (Å²) in [5.74, 6) is -0.521. The SMILES string of the molecule is CCc1c(C)sc(NC(=S)NNC(=O)COc2ccc(Br)cc2Cl)c1C(=O)OC. The van der Waals surface area contributed by atoms with Gasteiger partial charge in [0, 0.05) is 9.35 Å². The number of thiocarbonyl (C=S) groups is 1. The molecule has 0 saturated heterocycles. The van der Waals surface area contributed by atoms with Crippen molar-refractivity contribution in [1.82, 2.24) is 10.9 Å². The molecule has 0 aliphatic rings. The topological polar surface area (TPSA) is 88.7 Å². The number of rotatable bonds is 6. The quantitative estimate of drug-likeness (QED) is 0.299. The first-order chi connectivity index (χ1) is 13.8. The monoisotopic (exact) mass is 519 g/mol. The number of nitrogens with one attached hydrogen (secondary N) is 3. The summed E-state index contributed by atoms with van der Waals surface area (Å²) in [6.45, 7) is 3.62. The normalized spacial score (nSPS) is 10.2. The van der Waals surface area contributed by atoms with Gasteiger partial charge in [-0.25, -0.2) is 4.79 Å². The molecule has 7 nitrogen and oxygen atoms in total. The lowest BCUT2D eigenvalue weighted by atomic mass is 10.1. The molecular formula is C18H19BrClN3O4S2. The van der Waals surface area contributed by atoms with E-state index in [1.165, 1.54) is 18.4 Å². The predicted molar refractivity (Wildman–Crippen MR) is 122 cm³/mol. The number of hydrazine groups is 1. The van der Waals surface area contributed by atoms with Crippen molar-refractivity contribution in [2.24, 2.45) is 0 Å². The van der Waals surface area contributed by atoms with Crippen LogP contribution in [0.3, 0.4) is 0 Å². The zero-order valence-electron chi connectivity index (χ0n) is 15.9. The summed E-state index contributed by atoms with van der Waals surface area (Å²) >= 11 is 15.9.